The van der Waals surface area contributed by atoms with E-state index in [1.165, 1.54) is 0 Å². The van der Waals surface area contributed by atoms with Gasteiger partial charge in [0, 0.05) is 44.3 Å². The predicted octanol–water partition coefficient (Wildman–Crippen LogP) is 1.55. The first-order valence-electron chi connectivity index (χ1n) is 7.32. The Morgan fingerprint density at radius 1 is 1.27 bits per heavy atom. The molecule has 1 aliphatic heterocycles. The van der Waals surface area contributed by atoms with Crippen molar-refractivity contribution in [2.24, 2.45) is 0 Å². The molecule has 5 nitrogen and oxygen atoms in total. The van der Waals surface area contributed by atoms with Gasteiger partial charge in [-0.3, -0.25) is 9.69 Å². The molecule has 0 spiro atoms. The number of benzene rings is 1. The molecule has 0 aliphatic carbocycles. The molecular formula is C15H23Cl2N3O2. The number of halogens is 2. The molecule has 2 rings (SSSR count). The number of rotatable bonds is 7. The summed E-state index contributed by atoms with van der Waals surface area (Å²) in [5, 5.41) is 6.90. The summed E-state index contributed by atoms with van der Waals surface area (Å²) in [5.41, 5.74) is 0. The predicted molar refractivity (Wildman–Crippen MR) is 91.1 cm³/mol. The first-order valence-corrected chi connectivity index (χ1v) is 7.70. The summed E-state index contributed by atoms with van der Waals surface area (Å²) in [5.74, 6) is 0.757. The van der Waals surface area contributed by atoms with Gasteiger partial charge in [-0.2, -0.15) is 0 Å². The highest BCUT2D eigenvalue weighted by atomic mass is 35.5. The zero-order chi connectivity index (χ0) is 14.9. The van der Waals surface area contributed by atoms with Crippen LogP contribution < -0.4 is 15.4 Å². The monoisotopic (exact) mass is 347 g/mol. The standard InChI is InChI=1S/C15H22ClN3O2.ClH/c16-13-1-3-14(4-2-13)21-12-5-15(20)18-8-11-19-9-6-17-7-10-19;/h1-4,17H,5-12H2,(H,18,20);1H. The fraction of sp³-hybridized carbons (Fsp3) is 0.533. The van der Waals surface area contributed by atoms with Gasteiger partial charge in [0.15, 0.2) is 0 Å². The molecule has 1 aromatic carbocycles. The summed E-state index contributed by atoms with van der Waals surface area (Å²) in [6.45, 7) is 6.14. The molecule has 0 bridgehead atoms. The van der Waals surface area contributed by atoms with Crippen LogP contribution in [0.1, 0.15) is 6.42 Å². The molecule has 0 aromatic heterocycles. The van der Waals surface area contributed by atoms with Crippen molar-refractivity contribution in [1.82, 2.24) is 15.5 Å². The third kappa shape index (κ3) is 7.31. The fourth-order valence-corrected chi connectivity index (χ4v) is 2.29. The third-order valence-corrected chi connectivity index (χ3v) is 3.62. The third-order valence-electron chi connectivity index (χ3n) is 3.37. The van der Waals surface area contributed by atoms with Crippen molar-refractivity contribution in [1.29, 1.82) is 0 Å². The molecule has 0 saturated carbocycles. The largest absolute Gasteiger partial charge is 0.493 e. The summed E-state index contributed by atoms with van der Waals surface area (Å²) in [4.78, 5) is 14.0. The Kier molecular flexibility index (Phi) is 9.24. The van der Waals surface area contributed by atoms with Crippen LogP contribution in [-0.4, -0.2) is 56.7 Å². The second-order valence-corrected chi connectivity index (χ2v) is 5.43. The Labute approximate surface area is 142 Å². The van der Waals surface area contributed by atoms with E-state index in [4.69, 9.17) is 16.3 Å². The van der Waals surface area contributed by atoms with Gasteiger partial charge in [-0.15, -0.1) is 12.4 Å². The molecule has 1 fully saturated rings. The van der Waals surface area contributed by atoms with Gasteiger partial charge in [-0.25, -0.2) is 0 Å². The van der Waals surface area contributed by atoms with Gasteiger partial charge >= 0.3 is 0 Å². The van der Waals surface area contributed by atoms with Crippen molar-refractivity contribution in [3.8, 4) is 5.75 Å². The number of amides is 1. The minimum absolute atomic E-state index is 0. The molecular weight excluding hydrogens is 325 g/mol. The Hall–Kier alpha value is -1.01. The maximum Gasteiger partial charge on any atom is 0.223 e. The average molecular weight is 348 g/mol. The lowest BCUT2D eigenvalue weighted by Gasteiger charge is -2.27. The van der Waals surface area contributed by atoms with E-state index in [1.807, 2.05) is 0 Å². The molecule has 0 atom stereocenters. The van der Waals surface area contributed by atoms with E-state index < -0.39 is 0 Å². The topological polar surface area (TPSA) is 53.6 Å². The summed E-state index contributed by atoms with van der Waals surface area (Å²) in [6.07, 6.45) is 0.365. The van der Waals surface area contributed by atoms with Crippen LogP contribution in [0.3, 0.4) is 0 Å². The van der Waals surface area contributed by atoms with Crippen LogP contribution in [0, 0.1) is 0 Å². The lowest BCUT2D eigenvalue weighted by Crippen LogP contribution is -2.46. The van der Waals surface area contributed by atoms with Crippen LogP contribution in [0.25, 0.3) is 0 Å². The van der Waals surface area contributed by atoms with E-state index >= 15 is 0 Å². The second-order valence-electron chi connectivity index (χ2n) is 4.99. The Morgan fingerprint density at radius 3 is 2.64 bits per heavy atom. The first kappa shape index (κ1) is 19.0. The second kappa shape index (κ2) is 10.7. The van der Waals surface area contributed by atoms with E-state index in [1.54, 1.807) is 24.3 Å². The Bertz CT molecular complexity index is 437. The summed E-state index contributed by atoms with van der Waals surface area (Å²) in [7, 11) is 0. The molecule has 22 heavy (non-hydrogen) atoms. The SMILES string of the molecule is Cl.O=C(CCOc1ccc(Cl)cc1)NCCN1CCNCC1. The number of hydrogen-bond acceptors (Lipinski definition) is 4. The number of ether oxygens (including phenoxy) is 1. The number of carbonyl (C=O) groups is 1. The Balaban J connectivity index is 0.00000242. The molecule has 1 amide bonds. The van der Waals surface area contributed by atoms with Gasteiger partial charge in [-0.1, -0.05) is 11.6 Å². The van der Waals surface area contributed by atoms with Gasteiger partial charge in [0.1, 0.15) is 5.75 Å². The molecule has 0 unspecified atom stereocenters. The molecule has 1 heterocycles. The first-order chi connectivity index (χ1) is 10.2. The van der Waals surface area contributed by atoms with Gasteiger partial charge in [-0.05, 0) is 24.3 Å². The van der Waals surface area contributed by atoms with Crippen LogP contribution in [0.15, 0.2) is 24.3 Å². The van der Waals surface area contributed by atoms with Crippen molar-refractivity contribution in [2.45, 2.75) is 6.42 Å². The molecule has 2 N–H and O–H groups in total. The maximum atomic E-state index is 11.7. The lowest BCUT2D eigenvalue weighted by atomic mass is 10.3. The van der Waals surface area contributed by atoms with E-state index in [0.29, 0.717) is 24.6 Å². The smallest absolute Gasteiger partial charge is 0.223 e. The Morgan fingerprint density at radius 2 is 1.95 bits per heavy atom. The van der Waals surface area contributed by atoms with Crippen molar-refractivity contribution in [3.63, 3.8) is 0 Å². The van der Waals surface area contributed by atoms with Crippen LogP contribution in [0.4, 0.5) is 0 Å². The van der Waals surface area contributed by atoms with Gasteiger partial charge in [0.05, 0.1) is 13.0 Å². The van der Waals surface area contributed by atoms with Crippen molar-refractivity contribution < 1.29 is 9.53 Å². The van der Waals surface area contributed by atoms with Crippen molar-refractivity contribution in [3.05, 3.63) is 29.3 Å². The highest BCUT2D eigenvalue weighted by Crippen LogP contribution is 2.15. The fourth-order valence-electron chi connectivity index (χ4n) is 2.17. The summed E-state index contributed by atoms with van der Waals surface area (Å²) < 4.78 is 5.49. The molecule has 124 valence electrons. The van der Waals surface area contributed by atoms with Gasteiger partial charge in [0.2, 0.25) is 5.91 Å². The number of nitrogens with zero attached hydrogens (tertiary/aromatic N) is 1. The maximum absolute atomic E-state index is 11.7. The molecule has 0 radical (unpaired) electrons. The molecule has 1 saturated heterocycles. The summed E-state index contributed by atoms with van der Waals surface area (Å²) in [6, 6.07) is 7.13. The van der Waals surface area contributed by atoms with Crippen LogP contribution >= 0.6 is 24.0 Å². The van der Waals surface area contributed by atoms with Crippen molar-refractivity contribution >= 4 is 29.9 Å². The number of piperazine rings is 1. The molecule has 7 heteroatoms. The average Bonchev–Trinajstić information content (AvgIpc) is 2.50. The minimum Gasteiger partial charge on any atom is -0.493 e. The number of hydrogen-bond donors (Lipinski definition) is 2. The molecule has 1 aromatic rings. The zero-order valence-electron chi connectivity index (χ0n) is 12.5. The lowest BCUT2D eigenvalue weighted by molar-refractivity contribution is -0.121. The van der Waals surface area contributed by atoms with E-state index in [2.05, 4.69) is 15.5 Å². The molecule has 1 aliphatic rings. The summed E-state index contributed by atoms with van der Waals surface area (Å²) >= 11 is 5.79. The highest BCUT2D eigenvalue weighted by Gasteiger charge is 2.09. The number of carbonyl (C=O) groups excluding carboxylic acids is 1. The van der Waals surface area contributed by atoms with E-state index in [-0.39, 0.29) is 18.3 Å². The van der Waals surface area contributed by atoms with Crippen molar-refractivity contribution in [2.75, 3.05) is 45.9 Å². The quantitative estimate of drug-likeness (QED) is 0.785. The number of nitrogens with one attached hydrogen (secondary N) is 2. The highest BCUT2D eigenvalue weighted by molar-refractivity contribution is 6.30. The van der Waals surface area contributed by atoms with Crippen LogP contribution in [0.5, 0.6) is 5.75 Å². The van der Waals surface area contributed by atoms with Gasteiger partial charge in [0.25, 0.3) is 0 Å². The normalized spacial score (nSPS) is 15.0. The van der Waals surface area contributed by atoms with Crippen LogP contribution in [0.2, 0.25) is 5.02 Å². The van der Waals surface area contributed by atoms with Crippen LogP contribution in [-0.2, 0) is 4.79 Å². The minimum atomic E-state index is 0. The zero-order valence-corrected chi connectivity index (χ0v) is 14.1. The van der Waals surface area contributed by atoms with E-state index in [0.717, 1.165) is 38.5 Å². The van der Waals surface area contributed by atoms with Gasteiger partial charge < -0.3 is 15.4 Å². The van der Waals surface area contributed by atoms with E-state index in [9.17, 15) is 4.79 Å².